The Morgan fingerprint density at radius 1 is 1.25 bits per heavy atom. The van der Waals surface area contributed by atoms with Gasteiger partial charge in [-0.2, -0.15) is 0 Å². The Balaban J connectivity index is 1.97. The predicted molar refractivity (Wildman–Crippen MR) is 84.5 cm³/mol. The molecule has 0 aliphatic heterocycles. The van der Waals surface area contributed by atoms with Crippen LogP contribution >= 0.6 is 50.7 Å². The standard InChI is InChI=1S/C13H14BrCl3O3/c1-18-2-3-19-13-10(17)6-12(13)20-11-5-8(15)7(14)4-9(11)16/h4-5,10,12-13H,2-3,6H2,1H3. The molecule has 1 fully saturated rings. The van der Waals surface area contributed by atoms with Crippen LogP contribution in [-0.4, -0.2) is 37.9 Å². The highest BCUT2D eigenvalue weighted by atomic mass is 79.9. The van der Waals surface area contributed by atoms with E-state index in [1.807, 2.05) is 0 Å². The Bertz CT molecular complexity index is 472. The minimum atomic E-state index is -0.162. The Kier molecular flexibility index (Phi) is 6.26. The van der Waals surface area contributed by atoms with Crippen LogP contribution in [0.2, 0.25) is 10.0 Å². The van der Waals surface area contributed by atoms with Crippen molar-refractivity contribution in [1.29, 1.82) is 0 Å². The highest BCUT2D eigenvalue weighted by Crippen LogP contribution is 2.38. The predicted octanol–water partition coefficient (Wildman–Crippen LogP) is 4.55. The molecule has 0 spiro atoms. The molecule has 0 N–H and O–H groups in total. The Labute approximate surface area is 141 Å². The van der Waals surface area contributed by atoms with Gasteiger partial charge in [-0.25, -0.2) is 0 Å². The van der Waals surface area contributed by atoms with E-state index in [0.29, 0.717) is 35.4 Å². The molecule has 112 valence electrons. The van der Waals surface area contributed by atoms with E-state index in [-0.39, 0.29) is 17.6 Å². The van der Waals surface area contributed by atoms with Crippen LogP contribution in [0.1, 0.15) is 6.42 Å². The second-order valence-corrected chi connectivity index (χ2v) is 6.66. The van der Waals surface area contributed by atoms with Crippen molar-refractivity contribution in [2.75, 3.05) is 20.3 Å². The lowest BCUT2D eigenvalue weighted by molar-refractivity contribution is -0.0898. The summed E-state index contributed by atoms with van der Waals surface area (Å²) in [7, 11) is 1.62. The van der Waals surface area contributed by atoms with Crippen LogP contribution in [0.3, 0.4) is 0 Å². The van der Waals surface area contributed by atoms with Crippen LogP contribution in [-0.2, 0) is 9.47 Å². The van der Waals surface area contributed by atoms with Gasteiger partial charge in [0.25, 0.3) is 0 Å². The maximum absolute atomic E-state index is 6.14. The van der Waals surface area contributed by atoms with Crippen molar-refractivity contribution in [3.05, 3.63) is 26.7 Å². The number of hydrogen-bond acceptors (Lipinski definition) is 3. The molecule has 3 nitrogen and oxygen atoms in total. The zero-order valence-electron chi connectivity index (χ0n) is 10.7. The van der Waals surface area contributed by atoms with Gasteiger partial charge in [0.15, 0.2) is 0 Å². The highest BCUT2D eigenvalue weighted by molar-refractivity contribution is 9.10. The number of halogens is 4. The van der Waals surface area contributed by atoms with Gasteiger partial charge in [-0.15, -0.1) is 11.6 Å². The van der Waals surface area contributed by atoms with E-state index >= 15 is 0 Å². The smallest absolute Gasteiger partial charge is 0.140 e. The Hall–Kier alpha value is 0.290. The quantitative estimate of drug-likeness (QED) is 0.396. The molecule has 1 aromatic rings. The van der Waals surface area contributed by atoms with E-state index in [2.05, 4.69) is 15.9 Å². The molecule has 1 aromatic carbocycles. The molecule has 0 saturated heterocycles. The fraction of sp³-hybridized carbons (Fsp3) is 0.538. The molecule has 1 aliphatic carbocycles. The lowest BCUT2D eigenvalue weighted by Gasteiger charge is -2.40. The van der Waals surface area contributed by atoms with Crippen molar-refractivity contribution in [2.24, 2.45) is 0 Å². The fourth-order valence-corrected chi connectivity index (χ4v) is 3.13. The van der Waals surface area contributed by atoms with Crippen molar-refractivity contribution >= 4 is 50.7 Å². The van der Waals surface area contributed by atoms with Crippen LogP contribution in [0.15, 0.2) is 16.6 Å². The van der Waals surface area contributed by atoms with Crippen LogP contribution in [0, 0.1) is 0 Å². The molecular weight excluding hydrogens is 390 g/mol. The molecule has 0 aromatic heterocycles. The Morgan fingerprint density at radius 2 is 2.00 bits per heavy atom. The van der Waals surface area contributed by atoms with E-state index in [9.17, 15) is 0 Å². The third kappa shape index (κ3) is 3.93. The number of methoxy groups -OCH3 is 1. The lowest BCUT2D eigenvalue weighted by Crippen LogP contribution is -2.53. The molecule has 0 amide bonds. The normalized spacial score (nSPS) is 25.4. The number of alkyl halides is 1. The van der Waals surface area contributed by atoms with Crippen molar-refractivity contribution in [3.63, 3.8) is 0 Å². The van der Waals surface area contributed by atoms with E-state index in [1.165, 1.54) is 0 Å². The number of hydrogen-bond donors (Lipinski definition) is 0. The van der Waals surface area contributed by atoms with Gasteiger partial charge in [0.2, 0.25) is 0 Å². The molecule has 20 heavy (non-hydrogen) atoms. The third-order valence-electron chi connectivity index (χ3n) is 3.03. The average Bonchev–Trinajstić information content (AvgIpc) is 2.40. The number of ether oxygens (including phenoxy) is 3. The molecule has 2 rings (SSSR count). The zero-order chi connectivity index (χ0) is 14.7. The average molecular weight is 405 g/mol. The molecule has 3 unspecified atom stereocenters. The van der Waals surface area contributed by atoms with E-state index < -0.39 is 0 Å². The third-order valence-corrected chi connectivity index (χ3v) is 4.95. The summed E-state index contributed by atoms with van der Waals surface area (Å²) in [6, 6.07) is 3.39. The molecule has 1 aliphatic rings. The summed E-state index contributed by atoms with van der Waals surface area (Å²) in [4.78, 5) is 0. The first-order valence-corrected chi connectivity index (χ1v) is 8.07. The summed E-state index contributed by atoms with van der Waals surface area (Å²) in [6.07, 6.45) is 0.429. The van der Waals surface area contributed by atoms with Crippen LogP contribution in [0.4, 0.5) is 0 Å². The fourth-order valence-electron chi connectivity index (χ4n) is 1.88. The maximum atomic E-state index is 6.14. The lowest BCUT2D eigenvalue weighted by atomic mass is 9.91. The van der Waals surface area contributed by atoms with Crippen LogP contribution < -0.4 is 4.74 Å². The van der Waals surface area contributed by atoms with Gasteiger partial charge in [0, 0.05) is 24.1 Å². The second-order valence-electron chi connectivity index (χ2n) is 4.43. The second kappa shape index (κ2) is 7.52. The molecule has 1 saturated carbocycles. The van der Waals surface area contributed by atoms with Gasteiger partial charge in [0.1, 0.15) is 18.0 Å². The summed E-state index contributed by atoms with van der Waals surface area (Å²) in [5.41, 5.74) is 0. The van der Waals surface area contributed by atoms with Gasteiger partial charge >= 0.3 is 0 Å². The molecule has 0 heterocycles. The van der Waals surface area contributed by atoms with Crippen molar-refractivity contribution in [1.82, 2.24) is 0 Å². The number of rotatable bonds is 6. The topological polar surface area (TPSA) is 27.7 Å². The number of benzene rings is 1. The molecule has 0 bridgehead atoms. The van der Waals surface area contributed by atoms with Crippen molar-refractivity contribution in [2.45, 2.75) is 24.0 Å². The zero-order valence-corrected chi connectivity index (χ0v) is 14.6. The van der Waals surface area contributed by atoms with Gasteiger partial charge < -0.3 is 14.2 Å². The summed E-state index contributed by atoms with van der Waals surface area (Å²) in [5, 5.41) is 0.986. The minimum absolute atomic E-state index is 0.0541. The SMILES string of the molecule is COCCOC1C(Cl)CC1Oc1cc(Cl)c(Br)cc1Cl. The molecule has 3 atom stereocenters. The summed E-state index contributed by atoms with van der Waals surface area (Å²) >= 11 is 21.6. The first-order valence-electron chi connectivity index (χ1n) is 6.08. The van der Waals surface area contributed by atoms with Crippen molar-refractivity contribution < 1.29 is 14.2 Å². The van der Waals surface area contributed by atoms with Gasteiger partial charge in [-0.05, 0) is 22.0 Å². The van der Waals surface area contributed by atoms with E-state index in [1.54, 1.807) is 19.2 Å². The first-order chi connectivity index (χ1) is 9.52. The first kappa shape index (κ1) is 16.7. The summed E-state index contributed by atoms with van der Waals surface area (Å²) in [6.45, 7) is 1.01. The molecule has 0 radical (unpaired) electrons. The highest BCUT2D eigenvalue weighted by Gasteiger charge is 2.43. The van der Waals surface area contributed by atoms with E-state index in [4.69, 9.17) is 49.0 Å². The van der Waals surface area contributed by atoms with Gasteiger partial charge in [-0.1, -0.05) is 23.2 Å². The van der Waals surface area contributed by atoms with Gasteiger partial charge in [0.05, 0.1) is 28.6 Å². The van der Waals surface area contributed by atoms with Crippen LogP contribution in [0.25, 0.3) is 0 Å². The molecule has 7 heteroatoms. The van der Waals surface area contributed by atoms with Crippen molar-refractivity contribution in [3.8, 4) is 5.75 Å². The largest absolute Gasteiger partial charge is 0.486 e. The summed E-state index contributed by atoms with van der Waals surface area (Å²) < 4.78 is 17.2. The molecular formula is C13H14BrCl3O3. The Morgan fingerprint density at radius 3 is 2.65 bits per heavy atom. The van der Waals surface area contributed by atoms with Gasteiger partial charge in [-0.3, -0.25) is 0 Å². The minimum Gasteiger partial charge on any atom is -0.486 e. The van der Waals surface area contributed by atoms with Crippen LogP contribution in [0.5, 0.6) is 5.75 Å². The monoisotopic (exact) mass is 402 g/mol. The summed E-state index contributed by atoms with van der Waals surface area (Å²) in [5.74, 6) is 0.536. The van der Waals surface area contributed by atoms with E-state index in [0.717, 1.165) is 4.47 Å². The maximum Gasteiger partial charge on any atom is 0.140 e.